The van der Waals surface area contributed by atoms with E-state index in [2.05, 4.69) is 10.6 Å². The molecule has 0 atom stereocenters. The molecule has 0 fully saturated rings. The van der Waals surface area contributed by atoms with Crippen LogP contribution in [0.2, 0.25) is 0 Å². The Balaban J connectivity index is 1.63. The van der Waals surface area contributed by atoms with Crippen molar-refractivity contribution < 1.29 is 28.6 Å². The fourth-order valence-corrected chi connectivity index (χ4v) is 2.84. The molecule has 0 unspecified atom stereocenters. The smallest absolute Gasteiger partial charge is 0.340 e. The molecule has 0 spiro atoms. The number of carbonyl (C=O) groups is 3. The quantitative estimate of drug-likeness (QED) is 0.524. The van der Waals surface area contributed by atoms with Gasteiger partial charge in [0, 0.05) is 29.4 Å². The average Bonchev–Trinajstić information content (AvgIpc) is 2.83. The maximum absolute atomic E-state index is 12.5. The number of nitrogens with one attached hydrogen (secondary N) is 2. The summed E-state index contributed by atoms with van der Waals surface area (Å²) in [6, 6.07) is 19.9. The Bertz CT molecular complexity index is 1090. The van der Waals surface area contributed by atoms with Crippen molar-refractivity contribution in [2.75, 3.05) is 31.5 Å². The van der Waals surface area contributed by atoms with Crippen LogP contribution >= 0.6 is 0 Å². The first kappa shape index (κ1) is 22.4. The van der Waals surface area contributed by atoms with E-state index in [0.717, 1.165) is 0 Å². The third-order valence-electron chi connectivity index (χ3n) is 4.40. The van der Waals surface area contributed by atoms with Crippen molar-refractivity contribution in [3.63, 3.8) is 0 Å². The largest absolute Gasteiger partial charge is 0.497 e. The lowest BCUT2D eigenvalue weighted by atomic mass is 10.1. The van der Waals surface area contributed by atoms with E-state index >= 15 is 0 Å². The van der Waals surface area contributed by atoms with Gasteiger partial charge in [0.05, 0.1) is 25.5 Å². The average molecular weight is 434 g/mol. The van der Waals surface area contributed by atoms with Gasteiger partial charge in [-0.05, 0) is 24.3 Å². The van der Waals surface area contributed by atoms with Crippen molar-refractivity contribution >= 4 is 29.2 Å². The lowest BCUT2D eigenvalue weighted by molar-refractivity contribution is -0.119. The van der Waals surface area contributed by atoms with Crippen molar-refractivity contribution in [1.82, 2.24) is 0 Å². The molecule has 0 saturated heterocycles. The van der Waals surface area contributed by atoms with Crippen LogP contribution in [0.15, 0.2) is 72.8 Å². The van der Waals surface area contributed by atoms with Crippen LogP contribution in [-0.4, -0.2) is 38.6 Å². The standard InChI is InChI=1S/C24H22N2O6/c1-30-18-12-17(13-19(14-18)31-2)25-22(27)15-32-24(29)20-10-6-7-11-21(20)26-23(28)16-8-4-3-5-9-16/h3-14H,15H2,1-2H3,(H,25,27)(H,26,28). The zero-order chi connectivity index (χ0) is 22.9. The van der Waals surface area contributed by atoms with Crippen molar-refractivity contribution in [2.45, 2.75) is 0 Å². The maximum atomic E-state index is 12.5. The molecule has 3 aromatic rings. The van der Waals surface area contributed by atoms with E-state index in [1.807, 2.05) is 0 Å². The summed E-state index contributed by atoms with van der Waals surface area (Å²) in [4.78, 5) is 37.2. The highest BCUT2D eigenvalue weighted by Crippen LogP contribution is 2.25. The second kappa shape index (κ2) is 10.6. The van der Waals surface area contributed by atoms with E-state index in [4.69, 9.17) is 14.2 Å². The summed E-state index contributed by atoms with van der Waals surface area (Å²) in [5.74, 6) is -0.651. The summed E-state index contributed by atoms with van der Waals surface area (Å²) in [6.07, 6.45) is 0. The third kappa shape index (κ3) is 5.85. The van der Waals surface area contributed by atoms with E-state index < -0.39 is 18.5 Å². The van der Waals surface area contributed by atoms with E-state index in [0.29, 0.717) is 22.7 Å². The first-order chi connectivity index (χ1) is 15.5. The lowest BCUT2D eigenvalue weighted by Gasteiger charge is -2.12. The van der Waals surface area contributed by atoms with Gasteiger partial charge in [-0.3, -0.25) is 9.59 Å². The van der Waals surface area contributed by atoms with Gasteiger partial charge in [-0.25, -0.2) is 4.79 Å². The molecule has 0 aliphatic carbocycles. The van der Waals surface area contributed by atoms with Crippen LogP contribution in [-0.2, 0) is 9.53 Å². The minimum absolute atomic E-state index is 0.132. The minimum atomic E-state index is -0.743. The summed E-state index contributed by atoms with van der Waals surface area (Å²) < 4.78 is 15.5. The second-order valence-corrected chi connectivity index (χ2v) is 6.59. The van der Waals surface area contributed by atoms with Crippen molar-refractivity contribution in [3.8, 4) is 11.5 Å². The van der Waals surface area contributed by atoms with Gasteiger partial charge in [0.1, 0.15) is 11.5 Å². The van der Waals surface area contributed by atoms with Crippen LogP contribution in [0.4, 0.5) is 11.4 Å². The van der Waals surface area contributed by atoms with E-state index in [1.54, 1.807) is 66.7 Å². The van der Waals surface area contributed by atoms with Crippen LogP contribution in [0.1, 0.15) is 20.7 Å². The molecule has 8 nitrogen and oxygen atoms in total. The van der Waals surface area contributed by atoms with Gasteiger partial charge in [-0.15, -0.1) is 0 Å². The molecule has 3 rings (SSSR count). The number of para-hydroxylation sites is 1. The van der Waals surface area contributed by atoms with Gasteiger partial charge >= 0.3 is 5.97 Å². The highest BCUT2D eigenvalue weighted by Gasteiger charge is 2.17. The van der Waals surface area contributed by atoms with Crippen LogP contribution < -0.4 is 20.1 Å². The molecule has 0 aliphatic rings. The summed E-state index contributed by atoms with van der Waals surface area (Å²) in [5.41, 5.74) is 1.29. The van der Waals surface area contributed by atoms with Crippen molar-refractivity contribution in [3.05, 3.63) is 83.9 Å². The van der Waals surface area contributed by atoms with Crippen LogP contribution in [0.3, 0.4) is 0 Å². The van der Waals surface area contributed by atoms with Crippen LogP contribution in [0, 0.1) is 0 Å². The normalized spacial score (nSPS) is 10.1. The molecule has 2 N–H and O–H groups in total. The molecule has 32 heavy (non-hydrogen) atoms. The van der Waals surface area contributed by atoms with Crippen molar-refractivity contribution in [1.29, 1.82) is 0 Å². The monoisotopic (exact) mass is 434 g/mol. The molecule has 0 bridgehead atoms. The van der Waals surface area contributed by atoms with Gasteiger partial charge in [0.15, 0.2) is 6.61 Å². The highest BCUT2D eigenvalue weighted by molar-refractivity contribution is 6.08. The van der Waals surface area contributed by atoms with E-state index in [-0.39, 0.29) is 17.2 Å². The Morgan fingerprint density at radius 3 is 2.06 bits per heavy atom. The predicted molar refractivity (Wildman–Crippen MR) is 119 cm³/mol. The van der Waals surface area contributed by atoms with E-state index in [1.165, 1.54) is 20.3 Å². The Labute approximate surface area is 185 Å². The molecular formula is C24H22N2O6. The molecule has 2 amide bonds. The topological polar surface area (TPSA) is 103 Å². The molecule has 0 heterocycles. The number of ether oxygens (including phenoxy) is 3. The fraction of sp³-hybridized carbons (Fsp3) is 0.125. The zero-order valence-electron chi connectivity index (χ0n) is 17.6. The summed E-state index contributed by atoms with van der Waals surface area (Å²) in [6.45, 7) is -0.515. The highest BCUT2D eigenvalue weighted by atomic mass is 16.5. The van der Waals surface area contributed by atoms with E-state index in [9.17, 15) is 14.4 Å². The molecule has 0 aromatic heterocycles. The zero-order valence-corrected chi connectivity index (χ0v) is 17.6. The van der Waals surface area contributed by atoms with Crippen molar-refractivity contribution in [2.24, 2.45) is 0 Å². The molecule has 0 aliphatic heterocycles. The Morgan fingerprint density at radius 1 is 0.781 bits per heavy atom. The molecule has 164 valence electrons. The van der Waals surface area contributed by atoms with Crippen LogP contribution in [0.25, 0.3) is 0 Å². The van der Waals surface area contributed by atoms with Gasteiger partial charge in [-0.2, -0.15) is 0 Å². The number of carbonyl (C=O) groups excluding carboxylic acids is 3. The Morgan fingerprint density at radius 2 is 1.41 bits per heavy atom. The summed E-state index contributed by atoms with van der Waals surface area (Å²) >= 11 is 0. The van der Waals surface area contributed by atoms with Crippen LogP contribution in [0.5, 0.6) is 11.5 Å². The lowest BCUT2D eigenvalue weighted by Crippen LogP contribution is -2.22. The molecular weight excluding hydrogens is 412 g/mol. The molecule has 0 radical (unpaired) electrons. The number of esters is 1. The number of benzene rings is 3. The first-order valence-corrected chi connectivity index (χ1v) is 9.65. The number of rotatable bonds is 8. The fourth-order valence-electron chi connectivity index (χ4n) is 2.84. The minimum Gasteiger partial charge on any atom is -0.497 e. The van der Waals surface area contributed by atoms with Gasteiger partial charge in [-0.1, -0.05) is 30.3 Å². The number of methoxy groups -OCH3 is 2. The first-order valence-electron chi connectivity index (χ1n) is 9.65. The summed E-state index contributed by atoms with van der Waals surface area (Å²) in [5, 5.41) is 5.31. The number of hydrogen-bond acceptors (Lipinski definition) is 6. The summed E-state index contributed by atoms with van der Waals surface area (Å²) in [7, 11) is 2.99. The molecule has 8 heteroatoms. The van der Waals surface area contributed by atoms with Gasteiger partial charge in [0.2, 0.25) is 0 Å². The van der Waals surface area contributed by atoms with Gasteiger partial charge < -0.3 is 24.8 Å². The number of hydrogen-bond donors (Lipinski definition) is 2. The Kier molecular flexibility index (Phi) is 7.42. The predicted octanol–water partition coefficient (Wildman–Crippen LogP) is 3.75. The molecule has 3 aromatic carbocycles. The second-order valence-electron chi connectivity index (χ2n) is 6.59. The number of amides is 2. The maximum Gasteiger partial charge on any atom is 0.340 e. The Hall–Kier alpha value is -4.33. The van der Waals surface area contributed by atoms with Gasteiger partial charge in [0.25, 0.3) is 11.8 Å². The molecule has 0 saturated carbocycles. The SMILES string of the molecule is COc1cc(NC(=O)COC(=O)c2ccccc2NC(=O)c2ccccc2)cc(OC)c1. The number of anilines is 2. The third-order valence-corrected chi connectivity index (χ3v) is 4.40.